The van der Waals surface area contributed by atoms with E-state index in [-0.39, 0.29) is 0 Å². The van der Waals surface area contributed by atoms with E-state index in [1.54, 1.807) is 0 Å². The summed E-state index contributed by atoms with van der Waals surface area (Å²) in [6, 6.07) is 72.0. The summed E-state index contributed by atoms with van der Waals surface area (Å²) in [6.07, 6.45) is 0. The smallest absolute Gasteiger partial charge is 0.00137 e. The molecule has 0 fully saturated rings. The average molecular weight is 657 g/mol. The molecule has 11 aromatic rings. The topological polar surface area (TPSA) is 0 Å². The fourth-order valence-electron chi connectivity index (χ4n) is 8.92. The number of benzene rings is 11. The van der Waals surface area contributed by atoms with Crippen LogP contribution in [-0.4, -0.2) is 0 Å². The first-order valence-electron chi connectivity index (χ1n) is 18.1. The second-order valence-corrected chi connectivity index (χ2v) is 14.0. The molecule has 0 aliphatic heterocycles. The minimum Gasteiger partial charge on any atom is -0.0616 e. The van der Waals surface area contributed by atoms with Gasteiger partial charge in [0.1, 0.15) is 0 Å². The summed E-state index contributed by atoms with van der Waals surface area (Å²) in [5, 5.41) is 17.8. The Labute approximate surface area is 301 Å². The van der Waals surface area contributed by atoms with Crippen LogP contribution in [-0.2, 0) is 0 Å². The SMILES string of the molecule is c1ccc2c(-c3ccc4c(c3)c3c(-c5cccc6ccccc56)ccc(-c5cccc6ccccc56)c3c3ccc5ccccc5c43)cccc2c1. The minimum atomic E-state index is 1.23. The molecule has 0 saturated carbocycles. The number of hydrogen-bond acceptors (Lipinski definition) is 0. The molecular weight excluding hydrogens is 625 g/mol. The molecule has 0 aliphatic rings. The second kappa shape index (κ2) is 11.4. The van der Waals surface area contributed by atoms with Gasteiger partial charge in [-0.1, -0.05) is 188 Å². The molecule has 0 aliphatic carbocycles. The fourth-order valence-corrected chi connectivity index (χ4v) is 8.92. The third kappa shape index (κ3) is 4.28. The van der Waals surface area contributed by atoms with E-state index in [4.69, 9.17) is 0 Å². The van der Waals surface area contributed by atoms with E-state index in [0.717, 1.165) is 0 Å². The quantitative estimate of drug-likeness (QED) is 0.166. The van der Waals surface area contributed by atoms with E-state index in [9.17, 15) is 0 Å². The van der Waals surface area contributed by atoms with E-state index in [0.29, 0.717) is 0 Å². The maximum absolute atomic E-state index is 2.47. The standard InChI is InChI=1S/C52H32/c1-5-19-38-33(12-1)16-9-23-41(38)37-27-28-47-49(32-37)52-46(44-25-11-18-35-14-3-7-21-40(35)44)31-30-45(43-24-10-17-34-13-2-6-20-39(34)43)51(52)48-29-26-36-15-4-8-22-42(36)50(47)48/h1-32H. The molecular formula is C52H32. The molecule has 0 nitrogen and oxygen atoms in total. The first-order valence-corrected chi connectivity index (χ1v) is 18.1. The number of rotatable bonds is 3. The van der Waals surface area contributed by atoms with E-state index < -0.39 is 0 Å². The Kier molecular flexibility index (Phi) is 6.35. The molecule has 0 heterocycles. The van der Waals surface area contributed by atoms with Gasteiger partial charge in [0.25, 0.3) is 0 Å². The van der Waals surface area contributed by atoms with Crippen LogP contribution >= 0.6 is 0 Å². The van der Waals surface area contributed by atoms with Crippen LogP contribution in [0.3, 0.4) is 0 Å². The molecule has 240 valence electrons. The molecule has 52 heavy (non-hydrogen) atoms. The summed E-state index contributed by atoms with van der Waals surface area (Å²) in [5.41, 5.74) is 7.50. The van der Waals surface area contributed by atoms with Gasteiger partial charge in [-0.2, -0.15) is 0 Å². The molecule has 11 aromatic carbocycles. The van der Waals surface area contributed by atoms with Crippen molar-refractivity contribution >= 4 is 75.4 Å². The lowest BCUT2D eigenvalue weighted by molar-refractivity contribution is 1.67. The van der Waals surface area contributed by atoms with Crippen LogP contribution in [0.1, 0.15) is 0 Å². The molecule has 0 unspecified atom stereocenters. The van der Waals surface area contributed by atoms with Crippen molar-refractivity contribution in [2.24, 2.45) is 0 Å². The van der Waals surface area contributed by atoms with E-state index in [2.05, 4.69) is 194 Å². The van der Waals surface area contributed by atoms with Crippen LogP contribution in [0.25, 0.3) is 109 Å². The molecule has 0 heteroatoms. The summed E-state index contributed by atoms with van der Waals surface area (Å²) in [7, 11) is 0. The van der Waals surface area contributed by atoms with Gasteiger partial charge in [0.2, 0.25) is 0 Å². The van der Waals surface area contributed by atoms with Crippen molar-refractivity contribution < 1.29 is 0 Å². The van der Waals surface area contributed by atoms with E-state index >= 15 is 0 Å². The predicted octanol–water partition coefficient (Wildman–Crippen LogP) is 14.8. The Hall–Kier alpha value is -6.76. The highest BCUT2D eigenvalue weighted by Gasteiger charge is 2.21. The monoisotopic (exact) mass is 656 g/mol. The van der Waals surface area contributed by atoms with Crippen molar-refractivity contribution in [3.8, 4) is 33.4 Å². The Bertz CT molecular complexity index is 3220. The highest BCUT2D eigenvalue weighted by Crippen LogP contribution is 2.49. The van der Waals surface area contributed by atoms with Crippen LogP contribution in [0, 0.1) is 0 Å². The van der Waals surface area contributed by atoms with Crippen LogP contribution in [0.15, 0.2) is 194 Å². The highest BCUT2D eigenvalue weighted by atomic mass is 14.2. The van der Waals surface area contributed by atoms with Gasteiger partial charge < -0.3 is 0 Å². The summed E-state index contributed by atoms with van der Waals surface area (Å²) in [6.45, 7) is 0. The highest BCUT2D eigenvalue weighted by molar-refractivity contribution is 6.37. The van der Waals surface area contributed by atoms with Gasteiger partial charge in [0, 0.05) is 0 Å². The summed E-state index contributed by atoms with van der Waals surface area (Å²) >= 11 is 0. The molecule has 0 saturated heterocycles. The molecule has 0 spiro atoms. The zero-order valence-corrected chi connectivity index (χ0v) is 28.5. The predicted molar refractivity (Wildman–Crippen MR) is 225 cm³/mol. The lowest BCUT2D eigenvalue weighted by Crippen LogP contribution is -1.93. The van der Waals surface area contributed by atoms with Gasteiger partial charge in [0.15, 0.2) is 0 Å². The number of fused-ring (bicyclic) bond motifs is 11. The number of hydrogen-bond donors (Lipinski definition) is 0. The molecule has 0 N–H and O–H groups in total. The molecule has 0 radical (unpaired) electrons. The average Bonchev–Trinajstić information content (AvgIpc) is 3.22. The van der Waals surface area contributed by atoms with Crippen LogP contribution < -0.4 is 0 Å². The lowest BCUT2D eigenvalue weighted by atomic mass is 9.82. The van der Waals surface area contributed by atoms with Crippen molar-refractivity contribution in [3.63, 3.8) is 0 Å². The molecule has 11 rings (SSSR count). The summed E-state index contributed by atoms with van der Waals surface area (Å²) in [4.78, 5) is 0. The molecule has 0 atom stereocenters. The van der Waals surface area contributed by atoms with Crippen LogP contribution in [0.5, 0.6) is 0 Å². The van der Waals surface area contributed by atoms with Crippen molar-refractivity contribution in [1.29, 1.82) is 0 Å². The van der Waals surface area contributed by atoms with E-state index in [1.165, 1.54) is 109 Å². The zero-order chi connectivity index (χ0) is 34.2. The summed E-state index contributed by atoms with van der Waals surface area (Å²) < 4.78 is 0. The second-order valence-electron chi connectivity index (χ2n) is 14.0. The Morgan fingerprint density at radius 1 is 0.192 bits per heavy atom. The summed E-state index contributed by atoms with van der Waals surface area (Å²) in [5.74, 6) is 0. The first kappa shape index (κ1) is 29.0. The van der Waals surface area contributed by atoms with E-state index in [1.807, 2.05) is 0 Å². The van der Waals surface area contributed by atoms with Crippen molar-refractivity contribution in [3.05, 3.63) is 194 Å². The minimum absolute atomic E-state index is 1.23. The third-order valence-corrected chi connectivity index (χ3v) is 11.2. The molecule has 0 bridgehead atoms. The molecule has 0 aromatic heterocycles. The van der Waals surface area contributed by atoms with Crippen molar-refractivity contribution in [2.45, 2.75) is 0 Å². The van der Waals surface area contributed by atoms with Gasteiger partial charge in [-0.15, -0.1) is 0 Å². The lowest BCUT2D eigenvalue weighted by Gasteiger charge is -2.21. The Balaban J connectivity index is 1.39. The van der Waals surface area contributed by atoms with Crippen LogP contribution in [0.4, 0.5) is 0 Å². The normalized spacial score (nSPS) is 11.8. The van der Waals surface area contributed by atoms with Gasteiger partial charge in [0.05, 0.1) is 0 Å². The van der Waals surface area contributed by atoms with Gasteiger partial charge >= 0.3 is 0 Å². The Morgan fingerprint density at radius 3 is 1.19 bits per heavy atom. The maximum atomic E-state index is 2.47. The largest absolute Gasteiger partial charge is 0.0616 e. The maximum Gasteiger partial charge on any atom is -0.00137 e. The van der Waals surface area contributed by atoms with Gasteiger partial charge in [-0.25, -0.2) is 0 Å². The fraction of sp³-hybridized carbons (Fsp3) is 0. The van der Waals surface area contributed by atoms with Gasteiger partial charge in [-0.3, -0.25) is 0 Å². The zero-order valence-electron chi connectivity index (χ0n) is 28.5. The van der Waals surface area contributed by atoms with Crippen LogP contribution in [0.2, 0.25) is 0 Å². The van der Waals surface area contributed by atoms with Crippen molar-refractivity contribution in [2.75, 3.05) is 0 Å². The Morgan fingerprint density at radius 2 is 0.615 bits per heavy atom. The third-order valence-electron chi connectivity index (χ3n) is 11.2. The molecule has 0 amide bonds. The first-order chi connectivity index (χ1) is 25.8. The van der Waals surface area contributed by atoms with Gasteiger partial charge in [-0.05, 0) is 115 Å². The van der Waals surface area contributed by atoms with Crippen molar-refractivity contribution in [1.82, 2.24) is 0 Å².